The number of guanidine groups is 2. The van der Waals surface area contributed by atoms with Crippen LogP contribution in [0.3, 0.4) is 0 Å². The molecule has 0 bridgehead atoms. The number of benzene rings is 4. The van der Waals surface area contributed by atoms with E-state index in [0.29, 0.717) is 21.5 Å². The van der Waals surface area contributed by atoms with Crippen LogP contribution in [0.2, 0.25) is 10.0 Å². The highest BCUT2D eigenvalue weighted by Crippen LogP contribution is 2.42. The fourth-order valence-electron chi connectivity index (χ4n) is 4.35. The summed E-state index contributed by atoms with van der Waals surface area (Å²) >= 11 is 12.5. The summed E-state index contributed by atoms with van der Waals surface area (Å²) in [4.78, 5) is 29.4. The first-order chi connectivity index (χ1) is 23.9. The van der Waals surface area contributed by atoms with E-state index in [0.717, 1.165) is 36.0 Å². The van der Waals surface area contributed by atoms with Crippen LogP contribution >= 0.6 is 35.0 Å². The number of halogens is 8. The second-order valence-electron chi connectivity index (χ2n) is 10.5. The number of alkyl halides is 6. The average molecular weight is 808 g/mol. The van der Waals surface area contributed by atoms with Crippen molar-refractivity contribution in [3.8, 4) is 0 Å². The Bertz CT molecular complexity index is 2200. The summed E-state index contributed by atoms with van der Waals surface area (Å²) < 4.78 is 106. The predicted octanol–water partition coefficient (Wildman–Crippen LogP) is 7.15. The van der Waals surface area contributed by atoms with E-state index in [1.807, 2.05) is 0 Å². The van der Waals surface area contributed by atoms with Gasteiger partial charge in [-0.1, -0.05) is 47.1 Å². The molecule has 52 heavy (non-hydrogen) atoms. The smallest absolute Gasteiger partial charge is 0.370 e. The molecule has 8 N–H and O–H groups in total. The van der Waals surface area contributed by atoms with Gasteiger partial charge in [0.2, 0.25) is 9.84 Å². The zero-order valence-corrected chi connectivity index (χ0v) is 29.8. The Morgan fingerprint density at radius 2 is 1.13 bits per heavy atom. The molecule has 4 rings (SSSR count). The van der Waals surface area contributed by atoms with Gasteiger partial charge in [-0.25, -0.2) is 8.42 Å². The molecule has 0 radical (unpaired) electrons. The summed E-state index contributed by atoms with van der Waals surface area (Å²) in [6.45, 7) is 2.78. The number of hydrogen-bond acceptors (Lipinski definition) is 5. The van der Waals surface area contributed by atoms with E-state index in [-0.39, 0.29) is 21.0 Å². The number of aryl methyl sites for hydroxylation is 2. The van der Waals surface area contributed by atoms with E-state index in [1.54, 1.807) is 24.3 Å². The third-order valence-electron chi connectivity index (χ3n) is 6.61. The van der Waals surface area contributed by atoms with E-state index < -0.39 is 72.4 Å². The van der Waals surface area contributed by atoms with Gasteiger partial charge in [-0.15, -0.1) is 0 Å². The van der Waals surface area contributed by atoms with Crippen LogP contribution in [-0.4, -0.2) is 32.2 Å². The molecule has 2 amide bonds. The molecule has 0 fully saturated rings. The first kappa shape index (κ1) is 41.6. The van der Waals surface area contributed by atoms with E-state index >= 15 is 0 Å². The number of aliphatic imine (C=N–C) groups is 2. The highest BCUT2D eigenvalue weighted by atomic mass is 35.5. The predicted molar refractivity (Wildman–Crippen MR) is 185 cm³/mol. The number of sulfone groups is 1. The fraction of sp³-hybridized carbons (Fsp3) is 0.125. The minimum atomic E-state index is -5.05. The number of hydrogen-bond donors (Lipinski definition) is 4. The number of nitrogens with two attached hydrogens (primary N) is 4. The molecule has 0 heterocycles. The van der Waals surface area contributed by atoms with Crippen LogP contribution in [0.15, 0.2) is 102 Å². The van der Waals surface area contributed by atoms with Crippen molar-refractivity contribution < 1.29 is 44.3 Å². The summed E-state index contributed by atoms with van der Waals surface area (Å²) in [7, 11) is -4.56. The van der Waals surface area contributed by atoms with Crippen LogP contribution in [0.1, 0.15) is 43.0 Å². The molecule has 276 valence electrons. The maximum Gasteiger partial charge on any atom is 0.417 e. The molecule has 0 aliphatic carbocycles. The van der Waals surface area contributed by atoms with Crippen molar-refractivity contribution in [2.75, 3.05) is 0 Å². The number of amides is 2. The highest BCUT2D eigenvalue weighted by Gasteiger charge is 2.39. The second-order valence-corrected chi connectivity index (χ2v) is 14.4. The second kappa shape index (κ2) is 16.3. The van der Waals surface area contributed by atoms with Gasteiger partial charge in [0.05, 0.1) is 20.9 Å². The van der Waals surface area contributed by atoms with Gasteiger partial charge in [0.25, 0.3) is 11.8 Å². The van der Waals surface area contributed by atoms with Gasteiger partial charge >= 0.3 is 12.4 Å². The topological polar surface area (TPSA) is 197 Å². The van der Waals surface area contributed by atoms with Gasteiger partial charge in [-0.3, -0.25) is 9.59 Å². The van der Waals surface area contributed by atoms with Crippen molar-refractivity contribution in [3.05, 3.63) is 116 Å². The number of carbonyl (C=O) groups excluding carboxylic acids is 2. The van der Waals surface area contributed by atoms with Gasteiger partial charge in [0.15, 0.2) is 11.9 Å². The van der Waals surface area contributed by atoms with Gasteiger partial charge in [-0.2, -0.15) is 36.3 Å². The standard InChI is InChI=1S/C16H13ClF3N3O3S.C16H13ClF3N3OS/c1-8-5-13(27(25,26)10-4-2-3-9(17)6-10)12(16(18,19)20)7-11(8)14(24)23-15(21)22;1-8-5-13(25-10-4-2-3-9(17)6-10)12(16(18,19)20)7-11(8)14(24)23-15(21)22/h2-7H,1H3,(H4,21,22,23,24);2-7H,1H3,(H4,21,22,23,24). The van der Waals surface area contributed by atoms with Crippen molar-refractivity contribution in [3.63, 3.8) is 0 Å². The lowest BCUT2D eigenvalue weighted by molar-refractivity contribution is -0.140. The molecule has 0 saturated carbocycles. The Labute approximate surface area is 306 Å². The first-order valence-corrected chi connectivity index (χ1v) is 17.1. The van der Waals surface area contributed by atoms with Crippen LogP contribution in [0.25, 0.3) is 0 Å². The molecule has 4 aromatic carbocycles. The number of rotatable bonds is 6. The Morgan fingerprint density at radius 3 is 1.60 bits per heavy atom. The van der Waals surface area contributed by atoms with E-state index in [1.165, 1.54) is 32.0 Å². The van der Waals surface area contributed by atoms with Crippen molar-refractivity contribution in [1.29, 1.82) is 0 Å². The van der Waals surface area contributed by atoms with Crippen LogP contribution in [0, 0.1) is 13.8 Å². The Kier molecular flexibility index (Phi) is 13.0. The zero-order chi connectivity index (χ0) is 39.3. The number of nitrogens with zero attached hydrogens (tertiary/aromatic N) is 2. The minimum Gasteiger partial charge on any atom is -0.370 e. The number of carbonyl (C=O) groups is 2. The fourth-order valence-corrected chi connectivity index (χ4v) is 7.55. The Balaban J connectivity index is 0.000000281. The zero-order valence-electron chi connectivity index (χ0n) is 26.6. The monoisotopic (exact) mass is 806 g/mol. The summed E-state index contributed by atoms with van der Waals surface area (Å²) in [5.41, 5.74) is 17.5. The molecule has 0 aliphatic heterocycles. The Morgan fingerprint density at radius 1 is 0.673 bits per heavy atom. The lowest BCUT2D eigenvalue weighted by Crippen LogP contribution is -2.24. The average Bonchev–Trinajstić information content (AvgIpc) is 2.99. The SMILES string of the molecule is Cc1cc(S(=O)(=O)c2cccc(Cl)c2)c(C(F)(F)F)cc1C(=O)N=C(N)N.Cc1cc(Sc2cccc(Cl)c2)c(C(F)(F)F)cc1C(=O)N=C(N)N. The van der Waals surface area contributed by atoms with Gasteiger partial charge < -0.3 is 22.9 Å². The largest absolute Gasteiger partial charge is 0.417 e. The van der Waals surface area contributed by atoms with Crippen LogP contribution in [0.4, 0.5) is 26.3 Å². The summed E-state index contributed by atoms with van der Waals surface area (Å²) in [6, 6.07) is 14.5. The lowest BCUT2D eigenvalue weighted by Gasteiger charge is -2.16. The molecular weight excluding hydrogens is 781 g/mol. The first-order valence-electron chi connectivity index (χ1n) is 14.1. The molecule has 0 unspecified atom stereocenters. The molecule has 0 saturated heterocycles. The van der Waals surface area contributed by atoms with Crippen molar-refractivity contribution in [2.45, 2.75) is 45.8 Å². The third kappa shape index (κ3) is 10.6. The van der Waals surface area contributed by atoms with Gasteiger partial charge in [-0.05, 0) is 85.6 Å². The van der Waals surface area contributed by atoms with Gasteiger partial charge in [0.1, 0.15) is 0 Å². The molecule has 0 aromatic heterocycles. The maximum atomic E-state index is 13.5. The quantitative estimate of drug-likeness (QED) is 0.0889. The van der Waals surface area contributed by atoms with E-state index in [2.05, 4.69) is 9.98 Å². The molecule has 0 atom stereocenters. The van der Waals surface area contributed by atoms with E-state index in [9.17, 15) is 44.3 Å². The molecular formula is C32H26Cl2F6N6O4S2. The highest BCUT2D eigenvalue weighted by molar-refractivity contribution is 7.99. The Hall–Kier alpha value is -4.78. The van der Waals surface area contributed by atoms with Crippen LogP contribution in [-0.2, 0) is 22.2 Å². The lowest BCUT2D eigenvalue weighted by atomic mass is 10.0. The summed E-state index contributed by atoms with van der Waals surface area (Å²) in [6.07, 6.45) is -9.71. The summed E-state index contributed by atoms with van der Waals surface area (Å²) in [5, 5.41) is 0.454. The van der Waals surface area contributed by atoms with E-state index in [4.69, 9.17) is 46.1 Å². The summed E-state index contributed by atoms with van der Waals surface area (Å²) in [5.74, 6) is -3.20. The molecule has 4 aromatic rings. The molecule has 0 spiro atoms. The molecule has 20 heteroatoms. The van der Waals surface area contributed by atoms with Crippen molar-refractivity contribution >= 4 is 68.5 Å². The third-order valence-corrected chi connectivity index (χ3v) is 9.91. The normalized spacial score (nSPS) is 11.6. The van der Waals surface area contributed by atoms with Crippen molar-refractivity contribution in [1.82, 2.24) is 0 Å². The minimum absolute atomic E-state index is 0.0425. The van der Waals surface area contributed by atoms with Crippen molar-refractivity contribution in [2.24, 2.45) is 32.9 Å². The van der Waals surface area contributed by atoms with Gasteiger partial charge in [0, 0.05) is 31.0 Å². The maximum absolute atomic E-state index is 13.5. The van der Waals surface area contributed by atoms with Crippen LogP contribution in [0.5, 0.6) is 0 Å². The molecule has 10 nitrogen and oxygen atoms in total. The van der Waals surface area contributed by atoms with Crippen LogP contribution < -0.4 is 22.9 Å². The molecule has 0 aliphatic rings.